The number of ketones is 2. The predicted molar refractivity (Wildman–Crippen MR) is 137 cm³/mol. The average Bonchev–Trinajstić information content (AvgIpc) is 2.86. The van der Waals surface area contributed by atoms with Gasteiger partial charge in [-0.25, -0.2) is 4.39 Å². The van der Waals surface area contributed by atoms with Gasteiger partial charge in [0.1, 0.15) is 28.7 Å². The number of aliphatic hydroxyl groups is 3. The number of carbonyl (C=O) groups excluding carboxylic acids is 3. The van der Waals surface area contributed by atoms with Gasteiger partial charge in [0.05, 0.1) is 11.6 Å². The number of aromatic hydroxyl groups is 1. The van der Waals surface area contributed by atoms with Crippen molar-refractivity contribution in [2.45, 2.75) is 31.0 Å². The lowest BCUT2D eigenvalue weighted by Crippen LogP contribution is -2.63. The number of primary amides is 1. The molecule has 4 atom stereocenters. The maximum absolute atomic E-state index is 13.9. The third-order valence-corrected chi connectivity index (χ3v) is 8.18. The van der Waals surface area contributed by atoms with Crippen LogP contribution in [0, 0.1) is 17.7 Å². The smallest absolute Gasteiger partial charge is 0.255 e. The molecular weight excluding hydrogens is 509 g/mol. The van der Waals surface area contributed by atoms with Crippen LogP contribution in [0.3, 0.4) is 0 Å². The van der Waals surface area contributed by atoms with E-state index in [4.69, 9.17) is 11.5 Å². The molecule has 11 heteroatoms. The standard InChI is InChI=1S/C28H28FN3O7/c1-32(2)21-17-9-12-7-16-15(11-3-5-14(29)6-4-11)8-13(10-30)22(33)19(16)23(34)18(12)25(36)28(17,39)26(37)20(24(21)35)27(31)38/h3-6,8,12,17,21,33,35-36,39H,7,9-10,30H2,1-2H3,(H2,31,38)/t12-,17-,21-,28-/m0/s1. The fraction of sp³-hybridized carbons (Fsp3) is 0.321. The Labute approximate surface area is 222 Å². The molecule has 8 N–H and O–H groups in total. The van der Waals surface area contributed by atoms with Crippen molar-refractivity contribution in [3.8, 4) is 16.9 Å². The molecule has 2 aromatic carbocycles. The number of rotatable bonds is 4. The van der Waals surface area contributed by atoms with Gasteiger partial charge in [-0.05, 0) is 67.7 Å². The van der Waals surface area contributed by atoms with Crippen molar-refractivity contribution in [1.29, 1.82) is 0 Å². The van der Waals surface area contributed by atoms with Crippen molar-refractivity contribution in [2.75, 3.05) is 14.1 Å². The molecule has 0 unspecified atom stereocenters. The Hall–Kier alpha value is -4.06. The van der Waals surface area contributed by atoms with Gasteiger partial charge in [0, 0.05) is 23.6 Å². The molecule has 204 valence electrons. The highest BCUT2D eigenvalue weighted by Gasteiger charge is 2.63. The average molecular weight is 538 g/mol. The first-order valence-electron chi connectivity index (χ1n) is 12.3. The van der Waals surface area contributed by atoms with Crippen molar-refractivity contribution in [3.63, 3.8) is 0 Å². The van der Waals surface area contributed by atoms with E-state index in [9.17, 15) is 39.2 Å². The summed E-state index contributed by atoms with van der Waals surface area (Å²) in [6.45, 7) is -0.129. The lowest BCUT2D eigenvalue weighted by molar-refractivity contribution is -0.148. The summed E-state index contributed by atoms with van der Waals surface area (Å²) >= 11 is 0. The van der Waals surface area contributed by atoms with E-state index in [-0.39, 0.29) is 36.1 Å². The highest BCUT2D eigenvalue weighted by molar-refractivity contribution is 6.25. The number of phenols is 1. The van der Waals surface area contributed by atoms with Gasteiger partial charge in [-0.15, -0.1) is 0 Å². The Morgan fingerprint density at radius 3 is 2.36 bits per heavy atom. The number of aliphatic hydroxyl groups excluding tert-OH is 2. The van der Waals surface area contributed by atoms with Gasteiger partial charge in [0.25, 0.3) is 5.91 Å². The summed E-state index contributed by atoms with van der Waals surface area (Å²) in [5, 5.41) is 45.0. The summed E-state index contributed by atoms with van der Waals surface area (Å²) in [5.41, 5.74) is 8.99. The highest BCUT2D eigenvalue weighted by Crippen LogP contribution is 2.53. The van der Waals surface area contributed by atoms with Crippen LogP contribution >= 0.6 is 0 Å². The van der Waals surface area contributed by atoms with E-state index < -0.39 is 69.6 Å². The van der Waals surface area contributed by atoms with Gasteiger partial charge < -0.3 is 31.9 Å². The minimum atomic E-state index is -2.72. The number of fused-ring (bicyclic) bond motifs is 3. The number of nitrogens with zero attached hydrogens (tertiary/aromatic N) is 1. The molecule has 0 aliphatic heterocycles. The van der Waals surface area contributed by atoms with Gasteiger partial charge in [-0.2, -0.15) is 0 Å². The van der Waals surface area contributed by atoms with Crippen LogP contribution in [0.25, 0.3) is 11.1 Å². The van der Waals surface area contributed by atoms with E-state index in [2.05, 4.69) is 0 Å². The Morgan fingerprint density at radius 1 is 1.15 bits per heavy atom. The molecule has 0 fully saturated rings. The second kappa shape index (κ2) is 9.01. The molecule has 0 spiro atoms. The van der Waals surface area contributed by atoms with Gasteiger partial charge in [0.15, 0.2) is 11.4 Å². The van der Waals surface area contributed by atoms with Crippen LogP contribution in [0.4, 0.5) is 4.39 Å². The number of phenolic OH excluding ortho intramolecular Hbond substituents is 1. The Morgan fingerprint density at radius 2 is 1.79 bits per heavy atom. The number of hydrogen-bond acceptors (Lipinski definition) is 9. The third kappa shape index (κ3) is 3.61. The van der Waals surface area contributed by atoms with Crippen molar-refractivity contribution in [1.82, 2.24) is 4.90 Å². The molecule has 0 saturated heterocycles. The van der Waals surface area contributed by atoms with Gasteiger partial charge in [0.2, 0.25) is 5.78 Å². The van der Waals surface area contributed by atoms with Crippen molar-refractivity contribution >= 4 is 17.5 Å². The van der Waals surface area contributed by atoms with Crippen molar-refractivity contribution < 1.29 is 39.2 Å². The molecule has 10 nitrogen and oxygen atoms in total. The van der Waals surface area contributed by atoms with Crippen molar-refractivity contribution in [3.05, 3.63) is 75.5 Å². The minimum Gasteiger partial charge on any atom is -0.510 e. The molecule has 0 aromatic heterocycles. The second-order valence-corrected chi connectivity index (χ2v) is 10.5. The zero-order chi connectivity index (χ0) is 28.5. The Bertz CT molecular complexity index is 1510. The molecule has 5 rings (SSSR count). The monoisotopic (exact) mass is 537 g/mol. The van der Waals surface area contributed by atoms with E-state index in [0.29, 0.717) is 16.7 Å². The van der Waals surface area contributed by atoms with Gasteiger partial charge in [-0.3, -0.25) is 19.3 Å². The van der Waals surface area contributed by atoms with E-state index in [1.54, 1.807) is 20.2 Å². The quantitative estimate of drug-likeness (QED) is 0.313. The topological polar surface area (TPSA) is 187 Å². The zero-order valence-corrected chi connectivity index (χ0v) is 21.2. The summed E-state index contributed by atoms with van der Waals surface area (Å²) in [5.74, 6) is -7.68. The normalized spacial score (nSPS) is 26.5. The molecule has 3 aliphatic rings. The van der Waals surface area contributed by atoms with Crippen LogP contribution in [-0.2, 0) is 22.6 Å². The van der Waals surface area contributed by atoms with Crippen LogP contribution in [-0.4, -0.2) is 68.5 Å². The number of allylic oxidation sites excluding steroid dienone is 1. The van der Waals surface area contributed by atoms with Crippen LogP contribution in [0.5, 0.6) is 5.75 Å². The molecule has 0 saturated carbocycles. The number of hydrogen-bond donors (Lipinski definition) is 6. The lowest BCUT2D eigenvalue weighted by Gasteiger charge is -2.50. The number of likely N-dealkylation sites (N-methyl/N-ethyl adjacent to an activating group) is 1. The van der Waals surface area contributed by atoms with Crippen LogP contribution in [0.2, 0.25) is 0 Å². The maximum atomic E-state index is 13.9. The summed E-state index contributed by atoms with van der Waals surface area (Å²) < 4.78 is 13.7. The summed E-state index contributed by atoms with van der Waals surface area (Å²) in [6, 6.07) is 6.14. The summed E-state index contributed by atoms with van der Waals surface area (Å²) in [7, 11) is 3.12. The third-order valence-electron chi connectivity index (χ3n) is 8.18. The molecule has 3 aliphatic carbocycles. The first kappa shape index (κ1) is 26.5. The molecule has 2 aromatic rings. The van der Waals surface area contributed by atoms with E-state index in [0.717, 1.165) is 0 Å². The van der Waals surface area contributed by atoms with Crippen molar-refractivity contribution in [2.24, 2.45) is 23.3 Å². The van der Waals surface area contributed by atoms with Gasteiger partial charge >= 0.3 is 0 Å². The zero-order valence-electron chi connectivity index (χ0n) is 21.2. The SMILES string of the molecule is CN(C)[C@@H]1C(O)=C(C(N)=O)C(=O)[C@@]2(O)C(O)=C3C(=O)c4c(O)c(CN)cc(-c5ccc(F)cc5)c4C[C@H]3C[C@@H]12. The van der Waals surface area contributed by atoms with Crippen LogP contribution < -0.4 is 11.5 Å². The molecular formula is C28H28FN3O7. The first-order chi connectivity index (χ1) is 18.3. The van der Waals surface area contributed by atoms with E-state index in [1.165, 1.54) is 29.2 Å². The number of halogens is 1. The molecule has 39 heavy (non-hydrogen) atoms. The lowest BCUT2D eigenvalue weighted by atomic mass is 9.58. The number of benzene rings is 2. The largest absolute Gasteiger partial charge is 0.510 e. The van der Waals surface area contributed by atoms with E-state index >= 15 is 0 Å². The highest BCUT2D eigenvalue weighted by atomic mass is 19.1. The Balaban J connectivity index is 1.76. The fourth-order valence-electron chi connectivity index (χ4n) is 6.42. The number of nitrogens with two attached hydrogens (primary N) is 2. The van der Waals surface area contributed by atoms with Crippen LogP contribution in [0.15, 0.2) is 53.0 Å². The summed E-state index contributed by atoms with van der Waals surface area (Å²) in [6.07, 6.45) is 0.0771. The molecule has 0 heterocycles. The number of amides is 1. The molecule has 0 radical (unpaired) electrons. The van der Waals surface area contributed by atoms with Gasteiger partial charge in [-0.1, -0.05) is 12.1 Å². The molecule has 1 amide bonds. The fourth-order valence-corrected chi connectivity index (χ4v) is 6.42. The second-order valence-electron chi connectivity index (χ2n) is 10.5. The number of carbonyl (C=O) groups is 3. The predicted octanol–water partition coefficient (Wildman–Crippen LogP) is 1.39. The maximum Gasteiger partial charge on any atom is 0.255 e. The van der Waals surface area contributed by atoms with Crippen LogP contribution in [0.1, 0.15) is 27.9 Å². The number of Topliss-reactive ketones (excluding diaryl/α,β-unsaturated/α-hetero) is 2. The van der Waals surface area contributed by atoms with E-state index in [1.807, 2.05) is 0 Å². The molecule has 0 bridgehead atoms. The Kier molecular flexibility index (Phi) is 6.13. The first-order valence-corrected chi connectivity index (χ1v) is 12.3. The minimum absolute atomic E-state index is 0.0337. The summed E-state index contributed by atoms with van der Waals surface area (Å²) in [4.78, 5) is 40.9.